The third-order valence-electron chi connectivity index (χ3n) is 10.4. The number of hydrogen-bond donors (Lipinski definition) is 0. The monoisotopic (exact) mass is 1080 g/mol. The van der Waals surface area contributed by atoms with E-state index < -0.39 is 200 Å². The Morgan fingerprint density at radius 2 is 0.603 bits per heavy atom. The fourth-order valence-electron chi connectivity index (χ4n) is 7.29. The van der Waals surface area contributed by atoms with Gasteiger partial charge in [0.05, 0.1) is 55.5 Å². The molecule has 0 aliphatic heterocycles. The summed E-state index contributed by atoms with van der Waals surface area (Å²) in [5.41, 5.74) is -30.2. The van der Waals surface area contributed by atoms with Crippen LogP contribution >= 0.6 is 0 Å². The van der Waals surface area contributed by atoms with E-state index in [0.29, 0.717) is 5.75 Å². The van der Waals surface area contributed by atoms with Gasteiger partial charge in [0.25, 0.3) is 5.69 Å². The number of pyridine rings is 1. The van der Waals surface area contributed by atoms with Crippen LogP contribution in [0.15, 0.2) is 128 Å². The number of non-ortho nitro benzene ring substituents is 1. The van der Waals surface area contributed by atoms with E-state index in [4.69, 9.17) is 4.84 Å². The van der Waals surface area contributed by atoms with Crippen molar-refractivity contribution in [3.63, 3.8) is 0 Å². The number of rotatable bonds is 7. The molecule has 73 heavy (non-hydrogen) atoms. The summed E-state index contributed by atoms with van der Waals surface area (Å²) < 4.78 is 342. The van der Waals surface area contributed by atoms with Crippen molar-refractivity contribution in [2.45, 2.75) is 49.4 Å². The maximum atomic E-state index is 14.2. The lowest BCUT2D eigenvalue weighted by Gasteiger charge is -2.46. The number of benzene rings is 5. The van der Waals surface area contributed by atoms with Gasteiger partial charge in [-0.05, 0) is 30.3 Å². The highest BCUT2D eigenvalue weighted by atomic mass is 19.4. The number of aromatic nitrogens is 1. The average Bonchev–Trinajstić information content (AvgIpc) is 3.24. The van der Waals surface area contributed by atoms with Crippen LogP contribution in [0.5, 0.6) is 5.75 Å². The van der Waals surface area contributed by atoms with E-state index in [0.717, 1.165) is 0 Å². The highest BCUT2D eigenvalue weighted by Gasteiger charge is 2.47. The van der Waals surface area contributed by atoms with Crippen LogP contribution in [-0.4, -0.2) is 11.1 Å². The highest BCUT2D eigenvalue weighted by Crippen LogP contribution is 2.41. The Bertz CT molecular complexity index is 2530. The van der Waals surface area contributed by atoms with E-state index in [1.807, 2.05) is 6.07 Å². The second-order valence-corrected chi connectivity index (χ2v) is 15.3. The van der Waals surface area contributed by atoms with Gasteiger partial charge in [-0.15, -0.1) is 0 Å². The average molecular weight is 1080 g/mol. The minimum Gasteiger partial charge on any atom is -0.258 e. The van der Waals surface area contributed by atoms with Crippen LogP contribution < -0.4 is 31.4 Å². The lowest BCUT2D eigenvalue weighted by Crippen LogP contribution is -2.75. The van der Waals surface area contributed by atoms with Crippen LogP contribution in [0.1, 0.15) is 44.5 Å². The molecule has 5 aromatic carbocycles. The quantitative estimate of drug-likeness (QED) is 0.0526. The van der Waals surface area contributed by atoms with Crippen molar-refractivity contribution in [2.24, 2.45) is 0 Å². The zero-order valence-corrected chi connectivity index (χ0v) is 34.9. The molecule has 0 bridgehead atoms. The fraction of sp³-hybridized carbons (Fsp3) is 0.186. The number of nitro groups is 1. The molecule has 0 unspecified atom stereocenters. The highest BCUT2D eigenvalue weighted by molar-refractivity contribution is 7.20. The predicted octanol–water partition coefficient (Wildman–Crippen LogP) is 12.9. The molecule has 0 N–H and O–H groups in total. The number of hydrogen-bond acceptors (Lipinski definition) is 3. The Morgan fingerprint density at radius 1 is 0.356 bits per heavy atom. The molecule has 5 nitrogen and oxygen atoms in total. The first kappa shape index (κ1) is 56.7. The van der Waals surface area contributed by atoms with Gasteiger partial charge in [-0.3, -0.25) is 10.1 Å². The van der Waals surface area contributed by atoms with Crippen LogP contribution in [0.2, 0.25) is 0 Å². The first-order chi connectivity index (χ1) is 33.0. The molecular formula is C43H21BF24N2O3. The summed E-state index contributed by atoms with van der Waals surface area (Å²) >= 11 is 0. The van der Waals surface area contributed by atoms with Gasteiger partial charge in [-0.25, -0.2) is 4.84 Å². The van der Waals surface area contributed by atoms with E-state index in [1.54, 1.807) is 36.7 Å². The molecule has 0 radical (unpaired) electrons. The molecule has 6 aromatic rings. The van der Waals surface area contributed by atoms with Gasteiger partial charge in [-0.1, -0.05) is 60.7 Å². The first-order valence-electron chi connectivity index (χ1n) is 19.3. The molecule has 6 rings (SSSR count). The Hall–Kier alpha value is -7.17. The standard InChI is InChI=1S/C32H12BF24.C11H9N2O3/c34-25(35,36)13-1-14(26(37,38)39)6-21(5-13)33(22-7-15(27(40,41)42)2-16(8-22)28(43,44)45,23-9-17(29(46,47)48)3-18(10-23)30(49,50)51)24-11-19(31(52,53)54)4-20(12-24)32(55,56)57;14-13(15)10-5-4-6-11(9-10)16-12-7-2-1-3-8-12/h1-12H;1-9H/q-1;+1. The Morgan fingerprint density at radius 3 is 0.822 bits per heavy atom. The summed E-state index contributed by atoms with van der Waals surface area (Å²) in [6, 6.07) is 2.68. The van der Waals surface area contributed by atoms with Gasteiger partial charge in [0, 0.05) is 22.9 Å². The molecular weight excluding hydrogens is 1060 g/mol. The Balaban J connectivity index is 0.000000520. The van der Waals surface area contributed by atoms with Crippen LogP contribution in [0, 0.1) is 10.1 Å². The van der Waals surface area contributed by atoms with Crippen molar-refractivity contribution >= 4 is 33.7 Å². The van der Waals surface area contributed by atoms with Crippen molar-refractivity contribution in [3.05, 3.63) is 182 Å². The van der Waals surface area contributed by atoms with Crippen molar-refractivity contribution in [1.82, 2.24) is 0 Å². The lowest BCUT2D eigenvalue weighted by atomic mass is 9.12. The first-order valence-corrected chi connectivity index (χ1v) is 19.3. The maximum Gasteiger partial charge on any atom is 0.416 e. The number of halogens is 24. The van der Waals surface area contributed by atoms with Gasteiger partial charge < -0.3 is 0 Å². The van der Waals surface area contributed by atoms with Crippen LogP contribution in [0.25, 0.3) is 0 Å². The molecule has 0 amide bonds. The van der Waals surface area contributed by atoms with Crippen molar-refractivity contribution in [2.75, 3.05) is 0 Å². The largest absolute Gasteiger partial charge is 0.416 e. The van der Waals surface area contributed by atoms with Gasteiger partial charge in [-0.2, -0.15) is 127 Å². The topological polar surface area (TPSA) is 56.3 Å². The number of nitrogens with zero attached hydrogens (tertiary/aromatic N) is 2. The molecule has 0 saturated carbocycles. The molecule has 1 heterocycles. The Kier molecular flexibility index (Phi) is 15.0. The minimum absolute atomic E-state index is 0.00836. The minimum atomic E-state index is -6.13. The molecule has 0 aliphatic rings. The molecule has 0 fully saturated rings. The van der Waals surface area contributed by atoms with E-state index in [-0.39, 0.29) is 5.69 Å². The summed E-state index contributed by atoms with van der Waals surface area (Å²) in [6.07, 6.45) is -51.4. The van der Waals surface area contributed by atoms with Gasteiger partial charge in [0.1, 0.15) is 6.15 Å². The summed E-state index contributed by atoms with van der Waals surface area (Å²) in [5.74, 6) is 0.422. The molecule has 0 saturated heterocycles. The third kappa shape index (κ3) is 13.3. The molecule has 1 aromatic heterocycles. The van der Waals surface area contributed by atoms with Gasteiger partial charge >= 0.3 is 49.4 Å². The van der Waals surface area contributed by atoms with Crippen molar-refractivity contribution in [1.29, 1.82) is 0 Å². The van der Waals surface area contributed by atoms with E-state index in [9.17, 15) is 115 Å². The maximum absolute atomic E-state index is 14.2. The normalized spacial score (nSPS) is 13.3. The molecule has 392 valence electrons. The summed E-state index contributed by atoms with van der Waals surface area (Å²) in [7, 11) is 0. The molecule has 0 atom stereocenters. The molecule has 30 heteroatoms. The van der Waals surface area contributed by atoms with E-state index in [2.05, 4.69) is 0 Å². The third-order valence-corrected chi connectivity index (χ3v) is 10.4. The zero-order valence-electron chi connectivity index (χ0n) is 34.9. The smallest absolute Gasteiger partial charge is 0.258 e. The van der Waals surface area contributed by atoms with Crippen molar-refractivity contribution in [3.8, 4) is 5.75 Å². The van der Waals surface area contributed by atoms with E-state index in [1.165, 1.54) is 16.9 Å². The fourth-order valence-corrected chi connectivity index (χ4v) is 7.29. The second-order valence-electron chi connectivity index (χ2n) is 15.3. The summed E-state index contributed by atoms with van der Waals surface area (Å²) in [4.78, 5) is 15.5. The lowest BCUT2D eigenvalue weighted by molar-refractivity contribution is -0.875. The number of alkyl halides is 24. The summed E-state index contributed by atoms with van der Waals surface area (Å²) in [5, 5.41) is 10.5. The van der Waals surface area contributed by atoms with Crippen molar-refractivity contribution < 1.29 is 120 Å². The van der Waals surface area contributed by atoms with E-state index >= 15 is 0 Å². The number of nitro benzene ring substituents is 1. The van der Waals surface area contributed by atoms with Crippen LogP contribution in [-0.2, 0) is 49.4 Å². The van der Waals surface area contributed by atoms with Crippen LogP contribution in [0.4, 0.5) is 111 Å². The predicted molar refractivity (Wildman–Crippen MR) is 206 cm³/mol. The molecule has 0 aliphatic carbocycles. The van der Waals surface area contributed by atoms with Gasteiger partial charge in [0.15, 0.2) is 0 Å². The second kappa shape index (κ2) is 19.4. The SMILES string of the molecule is FC(F)(F)c1cc([B-](c2cc(C(F)(F)F)cc(C(F)(F)F)c2)(c2cc(C(F)(F)F)cc(C(F)(F)F)c2)c2cc(C(F)(F)F)cc(C(F)(F)F)c2)cc(C(F)(F)F)c1.O=[N+]([O-])c1cccc(O[n+]2ccccc2)c1. The van der Waals surface area contributed by atoms with Gasteiger partial charge in [0.2, 0.25) is 18.1 Å². The zero-order chi connectivity index (χ0) is 55.3. The molecule has 0 spiro atoms. The Labute approximate surface area is 390 Å². The van der Waals surface area contributed by atoms with Crippen LogP contribution in [0.3, 0.4) is 0 Å². The summed E-state index contributed by atoms with van der Waals surface area (Å²) in [6.45, 7) is 0.